The Morgan fingerprint density at radius 2 is 1.95 bits per heavy atom. The van der Waals surface area contributed by atoms with E-state index >= 15 is 0 Å². The molecule has 0 amide bonds. The van der Waals surface area contributed by atoms with Gasteiger partial charge in [0, 0.05) is 31.1 Å². The van der Waals surface area contributed by atoms with E-state index in [9.17, 15) is 8.78 Å². The molecule has 0 bridgehead atoms. The van der Waals surface area contributed by atoms with E-state index in [-0.39, 0.29) is 0 Å². The van der Waals surface area contributed by atoms with Crippen LogP contribution < -0.4 is 5.73 Å². The summed E-state index contributed by atoms with van der Waals surface area (Å²) in [6.07, 6.45) is 0.383. The minimum Gasteiger partial charge on any atom is -0.331 e. The summed E-state index contributed by atoms with van der Waals surface area (Å²) in [5.41, 5.74) is 8.22. The van der Waals surface area contributed by atoms with Crippen molar-refractivity contribution in [3.8, 4) is 0 Å². The molecule has 21 heavy (non-hydrogen) atoms. The van der Waals surface area contributed by atoms with E-state index in [0.717, 1.165) is 22.9 Å². The lowest BCUT2D eigenvalue weighted by Crippen LogP contribution is -2.17. The fraction of sp³-hybridized carbons (Fsp3) is 0.188. The Morgan fingerprint density at radius 1 is 1.19 bits per heavy atom. The second kappa shape index (κ2) is 5.26. The molecule has 5 heteroatoms. The molecule has 3 aromatic rings. The average Bonchev–Trinajstić information content (AvgIpc) is 2.76. The third-order valence-corrected chi connectivity index (χ3v) is 3.64. The molecular weight excluding hydrogens is 272 g/mol. The zero-order valence-corrected chi connectivity index (χ0v) is 11.6. The van der Waals surface area contributed by atoms with Gasteiger partial charge in [-0.2, -0.15) is 0 Å². The Balaban J connectivity index is 1.92. The van der Waals surface area contributed by atoms with Crippen LogP contribution in [0, 0.1) is 11.6 Å². The molecule has 3 nitrogen and oxygen atoms in total. The SMILES string of the molecule is Cn1c(CC(N)c2ccc(F)cc2F)nc2ccccc21. The Hall–Kier alpha value is -2.27. The Bertz CT molecular complexity index is 795. The zero-order chi connectivity index (χ0) is 15.0. The van der Waals surface area contributed by atoms with Crippen molar-refractivity contribution in [1.82, 2.24) is 9.55 Å². The van der Waals surface area contributed by atoms with Gasteiger partial charge in [-0.1, -0.05) is 18.2 Å². The van der Waals surface area contributed by atoms with Gasteiger partial charge in [-0.15, -0.1) is 0 Å². The normalized spacial score (nSPS) is 12.8. The number of nitrogens with two attached hydrogens (primary N) is 1. The number of hydrogen-bond donors (Lipinski definition) is 1. The lowest BCUT2D eigenvalue weighted by atomic mass is 10.0. The maximum absolute atomic E-state index is 13.8. The Labute approximate surface area is 121 Å². The largest absolute Gasteiger partial charge is 0.331 e. The van der Waals surface area contributed by atoms with E-state index in [0.29, 0.717) is 12.0 Å². The first-order valence-electron chi connectivity index (χ1n) is 6.67. The highest BCUT2D eigenvalue weighted by Crippen LogP contribution is 2.22. The molecule has 2 N–H and O–H groups in total. The second-order valence-corrected chi connectivity index (χ2v) is 5.05. The van der Waals surface area contributed by atoms with Crippen LogP contribution in [0.4, 0.5) is 8.78 Å². The predicted molar refractivity (Wildman–Crippen MR) is 77.7 cm³/mol. The second-order valence-electron chi connectivity index (χ2n) is 5.05. The molecule has 0 aliphatic carbocycles. The summed E-state index contributed by atoms with van der Waals surface area (Å²) in [4.78, 5) is 4.51. The van der Waals surface area contributed by atoms with E-state index in [4.69, 9.17) is 5.73 Å². The van der Waals surface area contributed by atoms with Crippen molar-refractivity contribution in [2.75, 3.05) is 0 Å². The maximum Gasteiger partial charge on any atom is 0.130 e. The van der Waals surface area contributed by atoms with E-state index in [2.05, 4.69) is 4.98 Å². The fourth-order valence-electron chi connectivity index (χ4n) is 2.49. The van der Waals surface area contributed by atoms with E-state index in [1.807, 2.05) is 35.9 Å². The molecule has 0 aliphatic heterocycles. The standard InChI is InChI=1S/C16H15F2N3/c1-21-15-5-3-2-4-14(15)20-16(21)9-13(19)11-7-6-10(17)8-12(11)18/h2-8,13H,9,19H2,1H3. The predicted octanol–water partition coefficient (Wildman–Crippen LogP) is 3.09. The van der Waals surface area contributed by atoms with Gasteiger partial charge in [0.25, 0.3) is 0 Å². The van der Waals surface area contributed by atoms with Gasteiger partial charge in [-0.3, -0.25) is 0 Å². The van der Waals surface area contributed by atoms with Gasteiger partial charge in [0.1, 0.15) is 17.5 Å². The van der Waals surface area contributed by atoms with Crippen molar-refractivity contribution >= 4 is 11.0 Å². The number of imidazole rings is 1. The molecule has 108 valence electrons. The lowest BCUT2D eigenvalue weighted by Gasteiger charge is -2.13. The van der Waals surface area contributed by atoms with Crippen LogP contribution in [0.2, 0.25) is 0 Å². The van der Waals surface area contributed by atoms with Crippen molar-refractivity contribution in [3.63, 3.8) is 0 Å². The summed E-state index contributed by atoms with van der Waals surface area (Å²) in [6.45, 7) is 0. The first kappa shape index (κ1) is 13.7. The molecule has 0 saturated heterocycles. The summed E-state index contributed by atoms with van der Waals surface area (Å²) >= 11 is 0. The molecule has 1 heterocycles. The van der Waals surface area contributed by atoms with E-state index in [1.54, 1.807) is 0 Å². The molecular formula is C16H15F2N3. The highest BCUT2D eigenvalue weighted by Gasteiger charge is 2.16. The number of nitrogens with zero attached hydrogens (tertiary/aromatic N) is 2. The molecule has 0 fully saturated rings. The first-order chi connectivity index (χ1) is 10.1. The van der Waals surface area contributed by atoms with Crippen LogP contribution in [0.5, 0.6) is 0 Å². The van der Waals surface area contributed by atoms with Gasteiger partial charge >= 0.3 is 0 Å². The van der Waals surface area contributed by atoms with Crippen molar-refractivity contribution in [2.24, 2.45) is 12.8 Å². The highest BCUT2D eigenvalue weighted by atomic mass is 19.1. The monoisotopic (exact) mass is 287 g/mol. The smallest absolute Gasteiger partial charge is 0.130 e. The quantitative estimate of drug-likeness (QED) is 0.804. The number of halogens is 2. The van der Waals surface area contributed by atoms with Crippen LogP contribution in [0.25, 0.3) is 11.0 Å². The van der Waals surface area contributed by atoms with Gasteiger partial charge in [0.15, 0.2) is 0 Å². The van der Waals surface area contributed by atoms with Crippen molar-refractivity contribution in [3.05, 3.63) is 65.5 Å². The lowest BCUT2D eigenvalue weighted by molar-refractivity contribution is 0.549. The Morgan fingerprint density at radius 3 is 2.67 bits per heavy atom. The number of hydrogen-bond acceptors (Lipinski definition) is 2. The van der Waals surface area contributed by atoms with Crippen molar-refractivity contribution < 1.29 is 8.78 Å². The van der Waals surface area contributed by atoms with Crippen LogP contribution in [0.1, 0.15) is 17.4 Å². The van der Waals surface area contributed by atoms with Crippen molar-refractivity contribution in [2.45, 2.75) is 12.5 Å². The molecule has 1 atom stereocenters. The van der Waals surface area contributed by atoms with Crippen LogP contribution in [-0.4, -0.2) is 9.55 Å². The number of benzene rings is 2. The molecule has 1 unspecified atom stereocenters. The van der Waals surface area contributed by atoms with Gasteiger partial charge in [0.05, 0.1) is 11.0 Å². The molecule has 0 aliphatic rings. The molecule has 0 radical (unpaired) electrons. The van der Waals surface area contributed by atoms with Crippen LogP contribution in [-0.2, 0) is 13.5 Å². The minimum atomic E-state index is -0.624. The summed E-state index contributed by atoms with van der Waals surface area (Å²) in [6, 6.07) is 10.6. The maximum atomic E-state index is 13.8. The van der Waals surface area contributed by atoms with E-state index < -0.39 is 17.7 Å². The van der Waals surface area contributed by atoms with Crippen molar-refractivity contribution in [1.29, 1.82) is 0 Å². The Kier molecular flexibility index (Phi) is 3.43. The topological polar surface area (TPSA) is 43.8 Å². The number of para-hydroxylation sites is 2. The average molecular weight is 287 g/mol. The van der Waals surface area contributed by atoms with Gasteiger partial charge in [-0.05, 0) is 18.2 Å². The fourth-order valence-corrected chi connectivity index (χ4v) is 2.49. The zero-order valence-electron chi connectivity index (χ0n) is 11.6. The molecule has 1 aromatic heterocycles. The van der Waals surface area contributed by atoms with Crippen LogP contribution in [0.3, 0.4) is 0 Å². The molecule has 0 saturated carbocycles. The molecule has 2 aromatic carbocycles. The van der Waals surface area contributed by atoms with Gasteiger partial charge in [0.2, 0.25) is 0 Å². The molecule has 0 spiro atoms. The number of fused-ring (bicyclic) bond motifs is 1. The van der Waals surface area contributed by atoms with Gasteiger partial charge in [-0.25, -0.2) is 13.8 Å². The van der Waals surface area contributed by atoms with E-state index in [1.165, 1.54) is 12.1 Å². The minimum absolute atomic E-state index is 0.295. The number of aryl methyl sites for hydroxylation is 1. The summed E-state index contributed by atoms with van der Waals surface area (Å²) < 4.78 is 28.6. The first-order valence-corrected chi connectivity index (χ1v) is 6.67. The summed E-state index contributed by atoms with van der Waals surface area (Å²) in [7, 11) is 1.90. The van der Waals surface area contributed by atoms with Gasteiger partial charge < -0.3 is 10.3 Å². The van der Waals surface area contributed by atoms with Crippen LogP contribution >= 0.6 is 0 Å². The summed E-state index contributed by atoms with van der Waals surface area (Å²) in [5.74, 6) is -0.458. The summed E-state index contributed by atoms with van der Waals surface area (Å²) in [5, 5.41) is 0. The third-order valence-electron chi connectivity index (χ3n) is 3.64. The molecule has 3 rings (SSSR count). The highest BCUT2D eigenvalue weighted by molar-refractivity contribution is 5.75. The third kappa shape index (κ3) is 2.52. The number of aromatic nitrogens is 2. The van der Waals surface area contributed by atoms with Crippen LogP contribution in [0.15, 0.2) is 42.5 Å². The number of rotatable bonds is 3.